The Hall–Kier alpha value is -1.23. The van der Waals surface area contributed by atoms with Crippen LogP contribution in [0, 0.1) is 6.92 Å². The first-order valence-electron chi connectivity index (χ1n) is 7.69. The van der Waals surface area contributed by atoms with Crippen LogP contribution in [0.1, 0.15) is 24.8 Å². The van der Waals surface area contributed by atoms with E-state index < -0.39 is 0 Å². The van der Waals surface area contributed by atoms with Crippen LogP contribution in [0.25, 0.3) is 0 Å². The topological polar surface area (TPSA) is 50.4 Å². The molecule has 1 heterocycles. The third-order valence-corrected chi connectivity index (χ3v) is 4.04. The van der Waals surface area contributed by atoms with Crippen LogP contribution < -0.4 is 15.4 Å². The summed E-state index contributed by atoms with van der Waals surface area (Å²) in [6, 6.07) is 5.58. The average molecular weight is 359 g/mol. The highest BCUT2D eigenvalue weighted by atomic mass is 35.5. The van der Waals surface area contributed by atoms with Crippen molar-refractivity contribution in [2.75, 3.05) is 26.2 Å². The number of rotatable bonds is 7. The number of ether oxygens (including phenoxy) is 1. The Kier molecular flexibility index (Phi) is 9.07. The van der Waals surface area contributed by atoms with Crippen molar-refractivity contribution in [1.29, 1.82) is 0 Å². The molecule has 0 spiro atoms. The van der Waals surface area contributed by atoms with Crippen molar-refractivity contribution in [3.8, 4) is 5.75 Å². The number of halogens is 2. The fraction of sp³-hybridized carbons (Fsp3) is 0.471. The number of aryl methyl sites for hydroxylation is 1. The molecule has 1 aliphatic heterocycles. The van der Waals surface area contributed by atoms with Crippen molar-refractivity contribution < 1.29 is 9.53 Å². The first-order valence-corrected chi connectivity index (χ1v) is 8.07. The van der Waals surface area contributed by atoms with Gasteiger partial charge in [-0.3, -0.25) is 4.79 Å². The van der Waals surface area contributed by atoms with Crippen molar-refractivity contribution in [3.63, 3.8) is 0 Å². The molecule has 1 aromatic carbocycles. The Morgan fingerprint density at radius 1 is 1.43 bits per heavy atom. The molecule has 0 bridgehead atoms. The monoisotopic (exact) mass is 358 g/mol. The first-order chi connectivity index (χ1) is 10.6. The smallest absolute Gasteiger partial charge is 0.220 e. The second-order valence-corrected chi connectivity index (χ2v) is 5.86. The SMILES string of the molecule is Cc1cc(OCCCC(=O)NCC2=CCNCC2)ccc1Cl.Cl. The fourth-order valence-electron chi connectivity index (χ4n) is 2.26. The van der Waals surface area contributed by atoms with Gasteiger partial charge >= 0.3 is 0 Å². The number of nitrogens with one attached hydrogen (secondary N) is 2. The molecule has 2 rings (SSSR count). The lowest BCUT2D eigenvalue weighted by molar-refractivity contribution is -0.121. The third kappa shape index (κ3) is 7.25. The molecule has 1 aliphatic rings. The van der Waals surface area contributed by atoms with Crippen molar-refractivity contribution >= 4 is 29.9 Å². The van der Waals surface area contributed by atoms with E-state index in [4.69, 9.17) is 16.3 Å². The number of benzene rings is 1. The maximum absolute atomic E-state index is 11.8. The van der Waals surface area contributed by atoms with Gasteiger partial charge in [0.05, 0.1) is 6.61 Å². The van der Waals surface area contributed by atoms with Gasteiger partial charge in [0.1, 0.15) is 5.75 Å². The number of hydrogen-bond acceptors (Lipinski definition) is 3. The van der Waals surface area contributed by atoms with Gasteiger partial charge in [0.25, 0.3) is 0 Å². The lowest BCUT2D eigenvalue weighted by Crippen LogP contribution is -2.29. The van der Waals surface area contributed by atoms with E-state index in [0.717, 1.165) is 35.8 Å². The lowest BCUT2D eigenvalue weighted by Gasteiger charge is -2.14. The Bertz CT molecular complexity index is 547. The molecule has 0 aromatic heterocycles. The maximum atomic E-state index is 11.8. The van der Waals surface area contributed by atoms with E-state index in [1.54, 1.807) is 0 Å². The van der Waals surface area contributed by atoms with Gasteiger partial charge in [0, 0.05) is 24.5 Å². The number of carbonyl (C=O) groups excluding carboxylic acids is 1. The predicted molar refractivity (Wildman–Crippen MR) is 96.7 cm³/mol. The zero-order valence-electron chi connectivity index (χ0n) is 13.4. The molecule has 6 heteroatoms. The lowest BCUT2D eigenvalue weighted by atomic mass is 10.1. The first kappa shape index (κ1) is 19.8. The Morgan fingerprint density at radius 2 is 2.26 bits per heavy atom. The summed E-state index contributed by atoms with van der Waals surface area (Å²) in [7, 11) is 0. The van der Waals surface area contributed by atoms with E-state index in [2.05, 4.69) is 16.7 Å². The third-order valence-electron chi connectivity index (χ3n) is 3.62. The quantitative estimate of drug-likeness (QED) is 0.580. The van der Waals surface area contributed by atoms with Crippen molar-refractivity contribution in [2.45, 2.75) is 26.2 Å². The summed E-state index contributed by atoms with van der Waals surface area (Å²) in [5.41, 5.74) is 2.30. The fourth-order valence-corrected chi connectivity index (χ4v) is 2.38. The molecule has 0 fully saturated rings. The van der Waals surface area contributed by atoms with Crippen LogP contribution >= 0.6 is 24.0 Å². The highest BCUT2D eigenvalue weighted by Gasteiger charge is 2.06. The second kappa shape index (κ2) is 10.5. The normalized spacial score (nSPS) is 13.7. The summed E-state index contributed by atoms with van der Waals surface area (Å²) < 4.78 is 5.63. The Labute approximate surface area is 149 Å². The van der Waals surface area contributed by atoms with E-state index in [1.165, 1.54) is 5.57 Å². The molecule has 0 aliphatic carbocycles. The van der Waals surface area contributed by atoms with Crippen LogP contribution in [-0.4, -0.2) is 32.1 Å². The number of carbonyl (C=O) groups is 1. The minimum atomic E-state index is 0. The van der Waals surface area contributed by atoms with Gasteiger partial charge in [-0.05, 0) is 50.1 Å². The summed E-state index contributed by atoms with van der Waals surface area (Å²) >= 11 is 5.97. The number of hydrogen-bond donors (Lipinski definition) is 2. The molecule has 128 valence electrons. The van der Waals surface area contributed by atoms with Gasteiger partial charge in [-0.25, -0.2) is 0 Å². The van der Waals surface area contributed by atoms with Gasteiger partial charge in [0.15, 0.2) is 0 Å². The molecule has 4 nitrogen and oxygen atoms in total. The molecule has 0 saturated carbocycles. The highest BCUT2D eigenvalue weighted by molar-refractivity contribution is 6.31. The van der Waals surface area contributed by atoms with Gasteiger partial charge in [0.2, 0.25) is 5.91 Å². The molecule has 2 N–H and O–H groups in total. The van der Waals surface area contributed by atoms with E-state index >= 15 is 0 Å². The average Bonchev–Trinajstić information content (AvgIpc) is 2.54. The van der Waals surface area contributed by atoms with Crippen LogP contribution in [0.3, 0.4) is 0 Å². The van der Waals surface area contributed by atoms with Crippen LogP contribution in [0.4, 0.5) is 0 Å². The van der Waals surface area contributed by atoms with Crippen LogP contribution in [0.15, 0.2) is 29.8 Å². The van der Waals surface area contributed by atoms with E-state index in [1.807, 2.05) is 25.1 Å². The minimum absolute atomic E-state index is 0. The molecular formula is C17H24Cl2N2O2. The summed E-state index contributed by atoms with van der Waals surface area (Å²) in [4.78, 5) is 11.8. The maximum Gasteiger partial charge on any atom is 0.220 e. The summed E-state index contributed by atoms with van der Waals surface area (Å²) in [6.45, 7) is 5.03. The van der Waals surface area contributed by atoms with Crippen molar-refractivity contribution in [3.05, 3.63) is 40.4 Å². The van der Waals surface area contributed by atoms with Crippen molar-refractivity contribution in [2.24, 2.45) is 0 Å². The van der Waals surface area contributed by atoms with Gasteiger partial charge < -0.3 is 15.4 Å². The van der Waals surface area contributed by atoms with Gasteiger partial charge in [-0.15, -0.1) is 12.4 Å². The minimum Gasteiger partial charge on any atom is -0.494 e. The van der Waals surface area contributed by atoms with Crippen molar-refractivity contribution in [1.82, 2.24) is 10.6 Å². The zero-order chi connectivity index (χ0) is 15.8. The Balaban J connectivity index is 0.00000264. The molecular weight excluding hydrogens is 335 g/mol. The van der Waals surface area contributed by atoms with Crippen LogP contribution in [-0.2, 0) is 4.79 Å². The molecule has 0 unspecified atom stereocenters. The highest BCUT2D eigenvalue weighted by Crippen LogP contribution is 2.21. The number of amides is 1. The Morgan fingerprint density at radius 3 is 2.96 bits per heavy atom. The summed E-state index contributed by atoms with van der Waals surface area (Å²) in [5.74, 6) is 0.873. The zero-order valence-corrected chi connectivity index (χ0v) is 14.9. The summed E-state index contributed by atoms with van der Waals surface area (Å²) in [6.07, 6.45) is 4.35. The van der Waals surface area contributed by atoms with E-state index in [0.29, 0.717) is 26.0 Å². The van der Waals surface area contributed by atoms with Gasteiger partial charge in [-0.1, -0.05) is 23.3 Å². The summed E-state index contributed by atoms with van der Waals surface area (Å²) in [5, 5.41) is 6.95. The van der Waals surface area contributed by atoms with E-state index in [-0.39, 0.29) is 18.3 Å². The molecule has 1 aromatic rings. The van der Waals surface area contributed by atoms with Crippen LogP contribution in [0.2, 0.25) is 5.02 Å². The molecule has 23 heavy (non-hydrogen) atoms. The molecule has 1 amide bonds. The van der Waals surface area contributed by atoms with E-state index in [9.17, 15) is 4.79 Å². The molecule has 0 saturated heterocycles. The van der Waals surface area contributed by atoms with Crippen LogP contribution in [0.5, 0.6) is 5.75 Å². The molecule has 0 radical (unpaired) electrons. The second-order valence-electron chi connectivity index (χ2n) is 5.46. The standard InChI is InChI=1S/C17H23ClN2O2.ClH/c1-13-11-15(4-5-16(13)18)22-10-2-3-17(21)20-12-14-6-8-19-9-7-14;/h4-6,11,19H,2-3,7-10,12H2,1H3,(H,20,21);1H. The molecule has 0 atom stereocenters. The predicted octanol–water partition coefficient (Wildman–Crippen LogP) is 3.27. The largest absolute Gasteiger partial charge is 0.494 e. The van der Waals surface area contributed by atoms with Gasteiger partial charge in [-0.2, -0.15) is 0 Å².